The second kappa shape index (κ2) is 10.8. The van der Waals surface area contributed by atoms with Crippen LogP contribution in [0.5, 0.6) is 0 Å². The molecule has 4 rings (SSSR count). The number of piperidine rings is 1. The Hall–Kier alpha value is -2.85. The van der Waals surface area contributed by atoms with Crippen LogP contribution in [0.25, 0.3) is 10.9 Å². The zero-order chi connectivity index (χ0) is 23.2. The summed E-state index contributed by atoms with van der Waals surface area (Å²) in [5, 5.41) is 13.6. The minimum absolute atomic E-state index is 0.0949. The zero-order valence-electron chi connectivity index (χ0n) is 19.7. The Morgan fingerprint density at radius 3 is 2.70 bits per heavy atom. The average Bonchev–Trinajstić information content (AvgIpc) is 3.09. The van der Waals surface area contributed by atoms with Gasteiger partial charge in [-0.05, 0) is 51.6 Å². The number of nitrogens with zero attached hydrogens (tertiary/aromatic N) is 4. The van der Waals surface area contributed by atoms with E-state index < -0.39 is 0 Å². The first-order valence-electron chi connectivity index (χ1n) is 12.3. The van der Waals surface area contributed by atoms with Gasteiger partial charge in [0.25, 0.3) is 0 Å². The predicted molar refractivity (Wildman–Crippen MR) is 129 cm³/mol. The van der Waals surface area contributed by atoms with Crippen molar-refractivity contribution in [1.82, 2.24) is 19.7 Å². The molecule has 2 aliphatic heterocycles. The van der Waals surface area contributed by atoms with Gasteiger partial charge in [-0.3, -0.25) is 14.5 Å². The molecule has 2 fully saturated rings. The van der Waals surface area contributed by atoms with Gasteiger partial charge in [-0.1, -0.05) is 24.6 Å². The van der Waals surface area contributed by atoms with Gasteiger partial charge < -0.3 is 14.8 Å². The first-order valence-corrected chi connectivity index (χ1v) is 12.3. The molecule has 0 spiro atoms. The monoisotopic (exact) mass is 449 g/mol. The van der Waals surface area contributed by atoms with Gasteiger partial charge in [0, 0.05) is 49.7 Å². The number of carbonyl (C=O) groups excluding carboxylic acids is 2. The number of nitrogens with one attached hydrogen (secondary N) is 1. The van der Waals surface area contributed by atoms with Gasteiger partial charge in [0.15, 0.2) is 0 Å². The molecule has 2 aliphatic rings. The summed E-state index contributed by atoms with van der Waals surface area (Å²) in [6.07, 6.45) is 6.69. The SMILES string of the molecule is Cc1c(C#N)c2ccccc2n1CC(=O)N1CCCCNC(=O)CC2CCCCN2CCC1. The molecular weight excluding hydrogens is 414 g/mol. The van der Waals surface area contributed by atoms with E-state index in [1.165, 1.54) is 12.8 Å². The highest BCUT2D eigenvalue weighted by Gasteiger charge is 2.25. The van der Waals surface area contributed by atoms with Crippen molar-refractivity contribution in [2.45, 2.75) is 64.5 Å². The van der Waals surface area contributed by atoms with Crippen LogP contribution in [0, 0.1) is 18.3 Å². The van der Waals surface area contributed by atoms with Crippen molar-refractivity contribution in [3.8, 4) is 6.07 Å². The second-order valence-corrected chi connectivity index (χ2v) is 9.36. The molecule has 1 unspecified atom stereocenters. The predicted octanol–water partition coefficient (Wildman–Crippen LogP) is 3.19. The highest BCUT2D eigenvalue weighted by Crippen LogP contribution is 2.25. The fourth-order valence-electron chi connectivity index (χ4n) is 5.36. The molecule has 176 valence electrons. The largest absolute Gasteiger partial charge is 0.356 e. The van der Waals surface area contributed by atoms with Crippen LogP contribution < -0.4 is 5.32 Å². The highest BCUT2D eigenvalue weighted by molar-refractivity contribution is 5.89. The molecule has 7 nitrogen and oxygen atoms in total. The molecule has 0 bridgehead atoms. The van der Waals surface area contributed by atoms with Crippen molar-refractivity contribution in [1.29, 1.82) is 5.26 Å². The van der Waals surface area contributed by atoms with Gasteiger partial charge in [-0.15, -0.1) is 0 Å². The third kappa shape index (κ3) is 5.39. The molecule has 1 atom stereocenters. The lowest BCUT2D eigenvalue weighted by molar-refractivity contribution is -0.132. The summed E-state index contributed by atoms with van der Waals surface area (Å²) < 4.78 is 1.98. The first kappa shape index (κ1) is 23.3. The molecular formula is C26H35N5O2. The number of para-hydroxylation sites is 1. The topological polar surface area (TPSA) is 81.4 Å². The van der Waals surface area contributed by atoms with E-state index in [1.54, 1.807) is 0 Å². The van der Waals surface area contributed by atoms with E-state index in [9.17, 15) is 14.9 Å². The number of benzene rings is 1. The van der Waals surface area contributed by atoms with E-state index in [0.717, 1.165) is 61.9 Å². The van der Waals surface area contributed by atoms with Crippen molar-refractivity contribution >= 4 is 22.7 Å². The van der Waals surface area contributed by atoms with Crippen LogP contribution in [0.15, 0.2) is 24.3 Å². The van der Waals surface area contributed by atoms with Crippen LogP contribution >= 0.6 is 0 Å². The van der Waals surface area contributed by atoms with Crippen molar-refractivity contribution in [3.05, 3.63) is 35.5 Å². The number of amides is 2. The highest BCUT2D eigenvalue weighted by atomic mass is 16.2. The number of carbonyl (C=O) groups is 2. The van der Waals surface area contributed by atoms with Crippen LogP contribution in [0.4, 0.5) is 0 Å². The lowest BCUT2D eigenvalue weighted by Crippen LogP contribution is -2.44. The molecule has 0 aliphatic carbocycles. The summed E-state index contributed by atoms with van der Waals surface area (Å²) >= 11 is 0. The fraction of sp³-hybridized carbons (Fsp3) is 0.577. The maximum Gasteiger partial charge on any atom is 0.242 e. The molecule has 2 aromatic rings. The maximum atomic E-state index is 13.4. The molecule has 7 heteroatoms. The van der Waals surface area contributed by atoms with Crippen LogP contribution in [-0.4, -0.2) is 64.9 Å². The quantitative estimate of drug-likeness (QED) is 0.763. The van der Waals surface area contributed by atoms with Crippen molar-refractivity contribution < 1.29 is 9.59 Å². The molecule has 33 heavy (non-hydrogen) atoms. The maximum absolute atomic E-state index is 13.4. The zero-order valence-corrected chi connectivity index (χ0v) is 19.7. The molecule has 3 heterocycles. The van der Waals surface area contributed by atoms with Crippen LogP contribution in [0.2, 0.25) is 0 Å². The van der Waals surface area contributed by atoms with Crippen LogP contribution in [0.1, 0.15) is 56.2 Å². The fourth-order valence-corrected chi connectivity index (χ4v) is 5.36. The van der Waals surface area contributed by atoms with Crippen molar-refractivity contribution in [2.75, 3.05) is 32.7 Å². The first-order chi connectivity index (χ1) is 16.1. The lowest BCUT2D eigenvalue weighted by Gasteiger charge is -2.35. The van der Waals surface area contributed by atoms with E-state index in [2.05, 4.69) is 16.3 Å². The van der Waals surface area contributed by atoms with Gasteiger partial charge in [-0.2, -0.15) is 5.26 Å². The number of rotatable bonds is 2. The molecule has 1 N–H and O–H groups in total. The summed E-state index contributed by atoms with van der Waals surface area (Å²) in [5.41, 5.74) is 2.43. The molecule has 0 radical (unpaired) electrons. The summed E-state index contributed by atoms with van der Waals surface area (Å²) in [5.74, 6) is 0.250. The Morgan fingerprint density at radius 1 is 1.09 bits per heavy atom. The van der Waals surface area contributed by atoms with E-state index in [4.69, 9.17) is 0 Å². The van der Waals surface area contributed by atoms with Crippen LogP contribution in [0.3, 0.4) is 0 Å². The summed E-state index contributed by atoms with van der Waals surface area (Å²) in [6.45, 7) is 6.22. The van der Waals surface area contributed by atoms with Gasteiger partial charge in [0.1, 0.15) is 12.6 Å². The Morgan fingerprint density at radius 2 is 1.85 bits per heavy atom. The molecule has 2 saturated heterocycles. The van der Waals surface area contributed by atoms with Gasteiger partial charge in [-0.25, -0.2) is 0 Å². The summed E-state index contributed by atoms with van der Waals surface area (Å²) in [4.78, 5) is 30.2. The molecule has 0 saturated carbocycles. The number of fused-ring (bicyclic) bond motifs is 2. The van der Waals surface area contributed by atoms with Crippen molar-refractivity contribution in [2.24, 2.45) is 0 Å². The van der Waals surface area contributed by atoms with Crippen molar-refractivity contribution in [3.63, 3.8) is 0 Å². The van der Waals surface area contributed by atoms with Gasteiger partial charge in [0.2, 0.25) is 11.8 Å². The number of hydrogen-bond donors (Lipinski definition) is 1. The summed E-state index contributed by atoms with van der Waals surface area (Å²) in [6, 6.07) is 10.4. The minimum Gasteiger partial charge on any atom is -0.356 e. The Labute approximate surface area is 196 Å². The Balaban J connectivity index is 1.48. The van der Waals surface area contributed by atoms with Gasteiger partial charge in [0.05, 0.1) is 11.1 Å². The summed E-state index contributed by atoms with van der Waals surface area (Å²) in [7, 11) is 0. The molecule has 1 aromatic carbocycles. The molecule has 1 aromatic heterocycles. The Kier molecular flexibility index (Phi) is 7.66. The number of aromatic nitrogens is 1. The van der Waals surface area contributed by atoms with E-state index in [-0.39, 0.29) is 18.4 Å². The molecule has 2 amide bonds. The van der Waals surface area contributed by atoms with Crippen LogP contribution in [-0.2, 0) is 16.1 Å². The Bertz CT molecular complexity index is 1040. The van der Waals surface area contributed by atoms with Gasteiger partial charge >= 0.3 is 0 Å². The third-order valence-corrected chi connectivity index (χ3v) is 7.21. The number of nitriles is 1. The van der Waals surface area contributed by atoms with E-state index >= 15 is 0 Å². The third-order valence-electron chi connectivity index (χ3n) is 7.21. The lowest BCUT2D eigenvalue weighted by atomic mass is 9.98. The normalized spacial score (nSPS) is 21.3. The van der Waals surface area contributed by atoms with E-state index in [1.807, 2.05) is 40.7 Å². The van der Waals surface area contributed by atoms with E-state index in [0.29, 0.717) is 31.1 Å². The number of hydrogen-bond acceptors (Lipinski definition) is 4. The second-order valence-electron chi connectivity index (χ2n) is 9.36. The minimum atomic E-state index is 0.0949. The smallest absolute Gasteiger partial charge is 0.242 e. The average molecular weight is 450 g/mol. The standard InChI is InChI=1S/C26H35N5O2/c1-20-23(18-27)22-10-2-3-11-24(22)31(20)19-26(33)30-14-7-5-12-28-25(32)17-21-9-4-6-13-29(21)15-8-16-30/h2-3,10-11,21H,4-9,12-17,19H2,1H3,(H,28,32).